The minimum absolute atomic E-state index is 0.215. The Morgan fingerprint density at radius 1 is 1.00 bits per heavy atom. The summed E-state index contributed by atoms with van der Waals surface area (Å²) in [6, 6.07) is 10.8. The molecule has 120 valence electrons. The summed E-state index contributed by atoms with van der Waals surface area (Å²) in [7, 11) is 0. The first-order valence-electron chi connectivity index (χ1n) is 7.56. The van der Waals surface area contributed by atoms with Crippen molar-refractivity contribution in [3.05, 3.63) is 82.0 Å². The molecule has 0 bridgehead atoms. The van der Waals surface area contributed by atoms with Gasteiger partial charge in [-0.15, -0.1) is 0 Å². The second-order valence-electron chi connectivity index (χ2n) is 5.62. The molecule has 5 nitrogen and oxygen atoms in total. The van der Waals surface area contributed by atoms with Crippen molar-refractivity contribution >= 4 is 11.6 Å². The van der Waals surface area contributed by atoms with E-state index in [0.717, 1.165) is 22.3 Å². The molecule has 0 unspecified atom stereocenters. The van der Waals surface area contributed by atoms with Crippen LogP contribution >= 0.6 is 0 Å². The Kier molecular flexibility index (Phi) is 4.24. The number of anilines is 1. The lowest BCUT2D eigenvalue weighted by Crippen LogP contribution is -2.19. The maximum absolute atomic E-state index is 12.4. The number of nitrogens with zero attached hydrogens (tertiary/aromatic N) is 1. The van der Waals surface area contributed by atoms with Crippen LogP contribution in [0.5, 0.6) is 0 Å². The second-order valence-corrected chi connectivity index (χ2v) is 5.62. The Morgan fingerprint density at radius 3 is 2.46 bits per heavy atom. The van der Waals surface area contributed by atoms with Crippen molar-refractivity contribution in [3.63, 3.8) is 0 Å². The van der Waals surface area contributed by atoms with Gasteiger partial charge in [0.25, 0.3) is 11.5 Å². The lowest BCUT2D eigenvalue weighted by molar-refractivity contribution is 0.102. The number of nitrogens with one attached hydrogen (secondary N) is 2. The first-order chi connectivity index (χ1) is 11.5. The molecular formula is C19H17N3O2. The highest BCUT2D eigenvalue weighted by Crippen LogP contribution is 2.19. The number of carbonyl (C=O) groups excluding carboxylic acids is 1. The van der Waals surface area contributed by atoms with E-state index in [1.54, 1.807) is 30.7 Å². The average molecular weight is 319 g/mol. The van der Waals surface area contributed by atoms with E-state index >= 15 is 0 Å². The second kappa shape index (κ2) is 6.50. The Morgan fingerprint density at radius 2 is 1.75 bits per heavy atom. The summed E-state index contributed by atoms with van der Waals surface area (Å²) < 4.78 is 0. The molecular weight excluding hydrogens is 302 g/mol. The first-order valence-corrected chi connectivity index (χ1v) is 7.56. The summed E-state index contributed by atoms with van der Waals surface area (Å²) in [5.41, 5.74) is 4.24. The molecule has 5 heteroatoms. The summed E-state index contributed by atoms with van der Waals surface area (Å²) >= 11 is 0. The van der Waals surface area contributed by atoms with E-state index in [1.165, 1.54) is 0 Å². The summed E-state index contributed by atoms with van der Waals surface area (Å²) in [4.78, 5) is 31.0. The number of aromatic nitrogens is 2. The molecule has 24 heavy (non-hydrogen) atoms. The van der Waals surface area contributed by atoms with E-state index in [2.05, 4.69) is 15.3 Å². The van der Waals surface area contributed by atoms with E-state index < -0.39 is 0 Å². The number of rotatable bonds is 3. The number of hydrogen-bond donors (Lipinski definition) is 2. The van der Waals surface area contributed by atoms with Gasteiger partial charge in [-0.1, -0.05) is 6.07 Å². The summed E-state index contributed by atoms with van der Waals surface area (Å²) in [6.45, 7) is 3.93. The number of aryl methyl sites for hydroxylation is 2. The molecule has 3 aromatic rings. The molecule has 0 spiro atoms. The standard InChI is InChI=1S/C19H17N3O2/c1-12-3-4-15(9-13(12)2)18(23)22-17-10-16(11-21-19(17)24)14-5-7-20-8-6-14/h3-11H,1-2H3,(H,21,24)(H,22,23). The molecule has 2 N–H and O–H groups in total. The number of carbonyl (C=O) groups is 1. The fourth-order valence-corrected chi connectivity index (χ4v) is 2.36. The van der Waals surface area contributed by atoms with Gasteiger partial charge in [0.15, 0.2) is 0 Å². The predicted octanol–water partition coefficient (Wildman–Crippen LogP) is 3.31. The molecule has 0 aliphatic heterocycles. The van der Waals surface area contributed by atoms with E-state index in [0.29, 0.717) is 5.56 Å². The Bertz CT molecular complexity index is 946. The normalized spacial score (nSPS) is 10.4. The zero-order valence-electron chi connectivity index (χ0n) is 13.5. The molecule has 2 aromatic heterocycles. The molecule has 0 aliphatic carbocycles. The minimum atomic E-state index is -0.343. The highest BCUT2D eigenvalue weighted by Gasteiger charge is 2.10. The molecule has 3 rings (SSSR count). The van der Waals surface area contributed by atoms with Gasteiger partial charge in [0.2, 0.25) is 0 Å². The third kappa shape index (κ3) is 3.25. The van der Waals surface area contributed by atoms with Crippen molar-refractivity contribution in [2.75, 3.05) is 5.32 Å². The number of aromatic amines is 1. The number of amides is 1. The molecule has 0 atom stereocenters. The average Bonchev–Trinajstić information content (AvgIpc) is 2.60. The van der Waals surface area contributed by atoms with E-state index in [-0.39, 0.29) is 17.2 Å². The van der Waals surface area contributed by atoms with Crippen LogP contribution in [0.2, 0.25) is 0 Å². The number of pyridine rings is 2. The SMILES string of the molecule is Cc1ccc(C(=O)Nc2cc(-c3ccncc3)c[nH]c2=O)cc1C. The lowest BCUT2D eigenvalue weighted by atomic mass is 10.1. The van der Waals surface area contributed by atoms with Gasteiger partial charge in [0, 0.05) is 29.7 Å². The molecule has 0 aliphatic rings. The van der Waals surface area contributed by atoms with Crippen LogP contribution in [0.3, 0.4) is 0 Å². The summed E-state index contributed by atoms with van der Waals surface area (Å²) in [5, 5.41) is 2.69. The summed E-state index contributed by atoms with van der Waals surface area (Å²) in [5.74, 6) is -0.310. The molecule has 2 heterocycles. The van der Waals surface area contributed by atoms with E-state index in [9.17, 15) is 9.59 Å². The van der Waals surface area contributed by atoms with Crippen LogP contribution in [-0.4, -0.2) is 15.9 Å². The minimum Gasteiger partial charge on any atom is -0.327 e. The maximum atomic E-state index is 12.4. The third-order valence-corrected chi connectivity index (χ3v) is 3.93. The van der Waals surface area contributed by atoms with Crippen molar-refractivity contribution in [3.8, 4) is 11.1 Å². The van der Waals surface area contributed by atoms with Crippen LogP contribution in [0.25, 0.3) is 11.1 Å². The zero-order chi connectivity index (χ0) is 17.1. The lowest BCUT2D eigenvalue weighted by Gasteiger charge is -2.08. The van der Waals surface area contributed by atoms with Crippen LogP contribution in [0.4, 0.5) is 5.69 Å². The van der Waals surface area contributed by atoms with Crippen molar-refractivity contribution < 1.29 is 4.79 Å². The quantitative estimate of drug-likeness (QED) is 0.778. The molecule has 0 fully saturated rings. The largest absolute Gasteiger partial charge is 0.327 e. The Labute approximate surface area is 139 Å². The van der Waals surface area contributed by atoms with Gasteiger partial charge in [-0.05, 0) is 60.9 Å². The molecule has 1 amide bonds. The monoisotopic (exact) mass is 319 g/mol. The van der Waals surface area contributed by atoms with Crippen LogP contribution in [0.1, 0.15) is 21.5 Å². The Hall–Kier alpha value is -3.21. The van der Waals surface area contributed by atoms with Gasteiger partial charge in [0.05, 0.1) is 0 Å². The van der Waals surface area contributed by atoms with Gasteiger partial charge in [-0.25, -0.2) is 0 Å². The van der Waals surface area contributed by atoms with Crippen molar-refractivity contribution in [2.45, 2.75) is 13.8 Å². The Balaban J connectivity index is 1.90. The van der Waals surface area contributed by atoms with Crippen molar-refractivity contribution in [2.24, 2.45) is 0 Å². The number of H-pyrrole nitrogens is 1. The number of benzene rings is 1. The number of hydrogen-bond acceptors (Lipinski definition) is 3. The van der Waals surface area contributed by atoms with Crippen LogP contribution in [-0.2, 0) is 0 Å². The van der Waals surface area contributed by atoms with E-state index in [4.69, 9.17) is 0 Å². The first kappa shape index (κ1) is 15.7. The van der Waals surface area contributed by atoms with Gasteiger partial charge < -0.3 is 10.3 Å². The van der Waals surface area contributed by atoms with E-state index in [1.807, 2.05) is 38.1 Å². The fourth-order valence-electron chi connectivity index (χ4n) is 2.36. The van der Waals surface area contributed by atoms with Crippen LogP contribution in [0, 0.1) is 13.8 Å². The van der Waals surface area contributed by atoms with Crippen molar-refractivity contribution in [1.29, 1.82) is 0 Å². The van der Waals surface area contributed by atoms with Crippen LogP contribution < -0.4 is 10.9 Å². The topological polar surface area (TPSA) is 74.8 Å². The molecule has 0 radical (unpaired) electrons. The zero-order valence-corrected chi connectivity index (χ0v) is 13.5. The van der Waals surface area contributed by atoms with Gasteiger partial charge in [-0.2, -0.15) is 0 Å². The van der Waals surface area contributed by atoms with Gasteiger partial charge in [-0.3, -0.25) is 14.6 Å². The third-order valence-electron chi connectivity index (χ3n) is 3.93. The molecule has 0 saturated carbocycles. The highest BCUT2D eigenvalue weighted by molar-refractivity contribution is 6.04. The molecule has 0 saturated heterocycles. The predicted molar refractivity (Wildman–Crippen MR) is 94.2 cm³/mol. The molecule has 1 aromatic carbocycles. The van der Waals surface area contributed by atoms with Gasteiger partial charge >= 0.3 is 0 Å². The maximum Gasteiger partial charge on any atom is 0.271 e. The smallest absolute Gasteiger partial charge is 0.271 e. The van der Waals surface area contributed by atoms with Crippen LogP contribution in [0.15, 0.2) is 59.8 Å². The van der Waals surface area contributed by atoms with Crippen molar-refractivity contribution in [1.82, 2.24) is 9.97 Å². The van der Waals surface area contributed by atoms with Gasteiger partial charge in [0.1, 0.15) is 5.69 Å². The fraction of sp³-hybridized carbons (Fsp3) is 0.105. The summed E-state index contributed by atoms with van der Waals surface area (Å²) in [6.07, 6.45) is 4.96. The highest BCUT2D eigenvalue weighted by atomic mass is 16.2.